The van der Waals surface area contributed by atoms with Crippen LogP contribution in [0.5, 0.6) is 0 Å². The van der Waals surface area contributed by atoms with E-state index in [1.54, 1.807) is 11.3 Å². The van der Waals surface area contributed by atoms with Crippen molar-refractivity contribution in [2.75, 3.05) is 19.5 Å². The fraction of sp³-hybridized carbons (Fsp3) is 0.750. The van der Waals surface area contributed by atoms with E-state index < -0.39 is 0 Å². The van der Waals surface area contributed by atoms with Gasteiger partial charge in [0.15, 0.2) is 0 Å². The minimum atomic E-state index is 0.800. The van der Waals surface area contributed by atoms with Crippen LogP contribution in [0.4, 0.5) is 0 Å². The van der Waals surface area contributed by atoms with E-state index in [0.717, 1.165) is 30.4 Å². The predicted octanol–water partition coefficient (Wildman–Crippen LogP) is 3.68. The minimum absolute atomic E-state index is 0.800. The van der Waals surface area contributed by atoms with Gasteiger partial charge in [-0.1, -0.05) is 12.8 Å². The molecule has 0 saturated heterocycles. The van der Waals surface area contributed by atoms with Crippen LogP contribution in [0.2, 0.25) is 0 Å². The fourth-order valence-electron chi connectivity index (χ4n) is 1.67. The molecule has 1 rings (SSSR count). The van der Waals surface area contributed by atoms with Crippen LogP contribution < -0.4 is 0 Å². The van der Waals surface area contributed by atoms with Gasteiger partial charge in [-0.2, -0.15) is 0 Å². The number of rotatable bonds is 8. The molecule has 0 aliphatic heterocycles. The van der Waals surface area contributed by atoms with Crippen LogP contribution in [0.1, 0.15) is 36.4 Å². The lowest BCUT2D eigenvalue weighted by Crippen LogP contribution is -2.19. The summed E-state index contributed by atoms with van der Waals surface area (Å²) in [5, 5.41) is 3.31. The van der Waals surface area contributed by atoms with Gasteiger partial charge in [0, 0.05) is 17.8 Å². The van der Waals surface area contributed by atoms with Crippen molar-refractivity contribution in [3.8, 4) is 0 Å². The van der Waals surface area contributed by atoms with Gasteiger partial charge >= 0.3 is 0 Å². The lowest BCUT2D eigenvalue weighted by Gasteiger charge is -2.14. The molecule has 0 aliphatic carbocycles. The van der Waals surface area contributed by atoms with E-state index in [2.05, 4.69) is 29.2 Å². The largest absolute Gasteiger partial charge is 0.301 e. The van der Waals surface area contributed by atoms with Gasteiger partial charge in [0.05, 0.1) is 10.7 Å². The van der Waals surface area contributed by atoms with Gasteiger partial charge in [-0.05, 0) is 33.4 Å². The monoisotopic (exact) mass is 260 g/mol. The minimum Gasteiger partial charge on any atom is -0.301 e. The summed E-state index contributed by atoms with van der Waals surface area (Å²) in [6.45, 7) is 4.18. The standard InChI is InChI=1S/C12H21ClN2S/c1-11-14-12(10-16-11)9-15(2)8-6-4-3-5-7-13/h10H,3-9H2,1-2H3. The molecule has 1 aromatic heterocycles. The molecular weight excluding hydrogens is 240 g/mol. The first-order chi connectivity index (χ1) is 7.72. The molecule has 0 fully saturated rings. The van der Waals surface area contributed by atoms with Crippen LogP contribution in [0.25, 0.3) is 0 Å². The Hall–Kier alpha value is -0.120. The van der Waals surface area contributed by atoms with Crippen molar-refractivity contribution in [3.05, 3.63) is 16.1 Å². The summed E-state index contributed by atoms with van der Waals surface area (Å²) >= 11 is 7.36. The summed E-state index contributed by atoms with van der Waals surface area (Å²) in [5.74, 6) is 0.800. The van der Waals surface area contributed by atoms with Gasteiger partial charge in [0.2, 0.25) is 0 Å². The molecule has 1 aromatic rings. The zero-order valence-corrected chi connectivity index (χ0v) is 11.8. The fourth-order valence-corrected chi connectivity index (χ4v) is 2.46. The number of hydrogen-bond donors (Lipinski definition) is 0. The molecule has 92 valence electrons. The van der Waals surface area contributed by atoms with E-state index in [4.69, 9.17) is 11.6 Å². The topological polar surface area (TPSA) is 16.1 Å². The number of unbranched alkanes of at least 4 members (excludes halogenated alkanes) is 3. The van der Waals surface area contributed by atoms with Gasteiger partial charge in [0.1, 0.15) is 0 Å². The van der Waals surface area contributed by atoms with Crippen molar-refractivity contribution in [2.24, 2.45) is 0 Å². The van der Waals surface area contributed by atoms with Crippen LogP contribution in [-0.2, 0) is 6.54 Å². The number of alkyl halides is 1. The second-order valence-corrected chi connectivity index (χ2v) is 5.64. The average molecular weight is 261 g/mol. The lowest BCUT2D eigenvalue weighted by molar-refractivity contribution is 0.314. The average Bonchev–Trinajstić information content (AvgIpc) is 2.63. The molecule has 0 amide bonds. The summed E-state index contributed by atoms with van der Waals surface area (Å²) in [6, 6.07) is 0. The van der Waals surface area contributed by atoms with Crippen molar-refractivity contribution >= 4 is 22.9 Å². The van der Waals surface area contributed by atoms with Crippen molar-refractivity contribution in [1.29, 1.82) is 0 Å². The summed E-state index contributed by atoms with van der Waals surface area (Å²) in [5.41, 5.74) is 1.20. The number of aryl methyl sites for hydroxylation is 1. The van der Waals surface area contributed by atoms with Crippen molar-refractivity contribution < 1.29 is 0 Å². The van der Waals surface area contributed by atoms with Gasteiger partial charge < -0.3 is 4.90 Å². The molecule has 0 bridgehead atoms. The Morgan fingerprint density at radius 2 is 2.06 bits per heavy atom. The zero-order valence-electron chi connectivity index (χ0n) is 10.2. The molecule has 2 nitrogen and oxygen atoms in total. The first-order valence-electron chi connectivity index (χ1n) is 5.88. The number of hydrogen-bond acceptors (Lipinski definition) is 3. The number of thiazole rings is 1. The Kier molecular flexibility index (Phi) is 7.01. The van der Waals surface area contributed by atoms with Crippen LogP contribution in [0.15, 0.2) is 5.38 Å². The first-order valence-corrected chi connectivity index (χ1v) is 7.29. The highest BCUT2D eigenvalue weighted by molar-refractivity contribution is 7.09. The molecule has 0 saturated carbocycles. The normalized spacial score (nSPS) is 11.2. The quantitative estimate of drug-likeness (QED) is 0.524. The number of aromatic nitrogens is 1. The Balaban J connectivity index is 2.09. The second kappa shape index (κ2) is 8.04. The molecule has 0 N–H and O–H groups in total. The van der Waals surface area contributed by atoms with Gasteiger partial charge in [-0.15, -0.1) is 22.9 Å². The van der Waals surface area contributed by atoms with E-state index in [0.29, 0.717) is 0 Å². The number of nitrogens with zero attached hydrogens (tertiary/aromatic N) is 2. The third kappa shape index (κ3) is 5.83. The van der Waals surface area contributed by atoms with Crippen molar-refractivity contribution in [1.82, 2.24) is 9.88 Å². The molecular formula is C12H21ClN2S. The van der Waals surface area contributed by atoms with Crippen LogP contribution in [0, 0.1) is 6.92 Å². The first kappa shape index (κ1) is 13.9. The summed E-state index contributed by atoms with van der Waals surface area (Å²) in [6.07, 6.45) is 4.95. The Morgan fingerprint density at radius 3 is 2.69 bits per heavy atom. The third-order valence-electron chi connectivity index (χ3n) is 2.52. The Bertz CT molecular complexity index is 288. The highest BCUT2D eigenvalue weighted by Gasteiger charge is 2.03. The highest BCUT2D eigenvalue weighted by Crippen LogP contribution is 2.10. The maximum Gasteiger partial charge on any atom is 0.0897 e. The van der Waals surface area contributed by atoms with E-state index in [-0.39, 0.29) is 0 Å². The predicted molar refractivity (Wildman–Crippen MR) is 72.4 cm³/mol. The van der Waals surface area contributed by atoms with E-state index in [9.17, 15) is 0 Å². The second-order valence-electron chi connectivity index (χ2n) is 4.20. The van der Waals surface area contributed by atoms with Crippen LogP contribution in [-0.4, -0.2) is 29.4 Å². The van der Waals surface area contributed by atoms with E-state index >= 15 is 0 Å². The van der Waals surface area contributed by atoms with E-state index in [1.807, 2.05) is 0 Å². The van der Waals surface area contributed by atoms with Crippen molar-refractivity contribution in [2.45, 2.75) is 39.2 Å². The molecule has 0 radical (unpaired) electrons. The maximum atomic E-state index is 5.64. The molecule has 4 heteroatoms. The Morgan fingerprint density at radius 1 is 1.31 bits per heavy atom. The van der Waals surface area contributed by atoms with Gasteiger partial charge in [0.25, 0.3) is 0 Å². The number of halogens is 1. The molecule has 0 atom stereocenters. The smallest absolute Gasteiger partial charge is 0.0897 e. The SMILES string of the molecule is Cc1nc(CN(C)CCCCCCCl)cs1. The molecule has 1 heterocycles. The molecule has 0 spiro atoms. The highest BCUT2D eigenvalue weighted by atomic mass is 35.5. The van der Waals surface area contributed by atoms with Crippen molar-refractivity contribution in [3.63, 3.8) is 0 Å². The molecule has 0 unspecified atom stereocenters. The van der Waals surface area contributed by atoms with Crippen LogP contribution >= 0.6 is 22.9 Å². The van der Waals surface area contributed by atoms with Crippen LogP contribution in [0.3, 0.4) is 0 Å². The summed E-state index contributed by atoms with van der Waals surface area (Å²) < 4.78 is 0. The van der Waals surface area contributed by atoms with Gasteiger partial charge in [-0.3, -0.25) is 0 Å². The van der Waals surface area contributed by atoms with Gasteiger partial charge in [-0.25, -0.2) is 4.98 Å². The lowest BCUT2D eigenvalue weighted by atomic mass is 10.2. The summed E-state index contributed by atoms with van der Waals surface area (Å²) in [7, 11) is 2.16. The third-order valence-corrected chi connectivity index (χ3v) is 3.61. The molecule has 0 aromatic carbocycles. The molecule has 16 heavy (non-hydrogen) atoms. The maximum absolute atomic E-state index is 5.64. The summed E-state index contributed by atoms with van der Waals surface area (Å²) in [4.78, 5) is 6.81. The van der Waals surface area contributed by atoms with E-state index in [1.165, 1.54) is 25.0 Å². The molecule has 0 aliphatic rings. The Labute approximate surface area is 108 Å². The zero-order chi connectivity index (χ0) is 11.8.